The van der Waals surface area contributed by atoms with Gasteiger partial charge in [-0.05, 0) is 24.8 Å². The Balaban J connectivity index is 2.45. The van der Waals surface area contributed by atoms with Crippen LogP contribution in [0.2, 0.25) is 0 Å². The van der Waals surface area contributed by atoms with E-state index in [4.69, 9.17) is 10.7 Å². The monoisotopic (exact) mass is 375 g/mol. The van der Waals surface area contributed by atoms with E-state index < -0.39 is 11.9 Å². The molecule has 1 amide bonds. The second-order valence-corrected chi connectivity index (χ2v) is 8.32. The van der Waals surface area contributed by atoms with Crippen molar-refractivity contribution in [1.29, 1.82) is 0 Å². The minimum Gasteiger partial charge on any atom is -0.368 e. The Labute approximate surface area is 154 Å². The highest BCUT2D eigenvalue weighted by atomic mass is 32.1. The first-order chi connectivity index (χ1) is 11.9. The smallest absolute Gasteiger partial charge is 0.263 e. The van der Waals surface area contributed by atoms with Crippen LogP contribution in [-0.2, 0) is 11.2 Å². The normalized spacial score (nSPS) is 12.8. The van der Waals surface area contributed by atoms with Gasteiger partial charge in [0, 0.05) is 21.2 Å². The van der Waals surface area contributed by atoms with Crippen molar-refractivity contribution in [2.75, 3.05) is 0 Å². The van der Waals surface area contributed by atoms with Gasteiger partial charge in [-0.3, -0.25) is 14.2 Å². The quantitative estimate of drug-likeness (QED) is 0.734. The fraction of sp³-hybridized carbons (Fsp3) is 0.389. The Morgan fingerprint density at radius 3 is 2.60 bits per heavy atom. The number of hydrogen-bond donors (Lipinski definition) is 1. The van der Waals surface area contributed by atoms with Crippen LogP contribution in [0.25, 0.3) is 20.7 Å². The summed E-state index contributed by atoms with van der Waals surface area (Å²) in [5.74, 6) is 0.0791. The molecule has 132 valence electrons. The van der Waals surface area contributed by atoms with Crippen LogP contribution < -0.4 is 11.3 Å². The molecule has 3 rings (SSSR count). The number of nitrogens with zero attached hydrogens (tertiary/aromatic N) is 2. The van der Waals surface area contributed by atoms with Gasteiger partial charge < -0.3 is 5.73 Å². The van der Waals surface area contributed by atoms with Crippen LogP contribution in [0.5, 0.6) is 0 Å². The molecule has 25 heavy (non-hydrogen) atoms. The number of amides is 1. The Hall–Kier alpha value is -1.99. The number of rotatable bonds is 5. The zero-order valence-electron chi connectivity index (χ0n) is 14.7. The molecule has 0 aliphatic heterocycles. The molecule has 0 bridgehead atoms. The molecule has 2 N–H and O–H groups in total. The van der Waals surface area contributed by atoms with Crippen molar-refractivity contribution in [3.63, 3.8) is 0 Å². The van der Waals surface area contributed by atoms with E-state index in [-0.39, 0.29) is 11.5 Å². The highest BCUT2D eigenvalue weighted by Gasteiger charge is 2.25. The molecule has 0 radical (unpaired) electrons. The topological polar surface area (TPSA) is 78.0 Å². The standard InChI is InChI=1S/C18H21N3O2S2/c1-5-11-13(12-7-6-8-24-12)14-17(25-11)20-16(9(2)3)21(18(14)23)10(4)15(19)22/h6-10H,5H2,1-4H3,(H2,19,22). The van der Waals surface area contributed by atoms with Crippen molar-refractivity contribution < 1.29 is 4.79 Å². The van der Waals surface area contributed by atoms with Gasteiger partial charge >= 0.3 is 0 Å². The number of primary amides is 1. The molecule has 0 spiro atoms. The summed E-state index contributed by atoms with van der Waals surface area (Å²) < 4.78 is 1.47. The van der Waals surface area contributed by atoms with Crippen LogP contribution in [0.4, 0.5) is 0 Å². The van der Waals surface area contributed by atoms with Crippen molar-refractivity contribution >= 4 is 38.8 Å². The molecular formula is C18H21N3O2S2. The Morgan fingerprint density at radius 1 is 1.36 bits per heavy atom. The number of nitrogens with two attached hydrogens (primary N) is 1. The molecular weight excluding hydrogens is 354 g/mol. The summed E-state index contributed by atoms with van der Waals surface area (Å²) in [4.78, 5) is 32.8. The molecule has 1 atom stereocenters. The SMILES string of the molecule is CCc1sc2nc(C(C)C)n(C(C)C(N)=O)c(=O)c2c1-c1cccs1. The number of carbonyl (C=O) groups is 1. The summed E-state index contributed by atoms with van der Waals surface area (Å²) in [7, 11) is 0. The molecule has 0 aliphatic rings. The summed E-state index contributed by atoms with van der Waals surface area (Å²) in [6, 6.07) is 3.26. The van der Waals surface area contributed by atoms with Crippen molar-refractivity contribution in [1.82, 2.24) is 9.55 Å². The van der Waals surface area contributed by atoms with Gasteiger partial charge in [0.15, 0.2) is 0 Å². The predicted octanol–water partition coefficient (Wildman–Crippen LogP) is 3.92. The van der Waals surface area contributed by atoms with Crippen LogP contribution in [-0.4, -0.2) is 15.5 Å². The van der Waals surface area contributed by atoms with Crippen molar-refractivity contribution in [2.24, 2.45) is 5.73 Å². The van der Waals surface area contributed by atoms with Crippen molar-refractivity contribution in [3.8, 4) is 10.4 Å². The zero-order chi connectivity index (χ0) is 18.3. The van der Waals surface area contributed by atoms with Gasteiger partial charge in [-0.1, -0.05) is 26.8 Å². The lowest BCUT2D eigenvalue weighted by Crippen LogP contribution is -2.35. The summed E-state index contributed by atoms with van der Waals surface area (Å²) >= 11 is 3.17. The minimum absolute atomic E-state index is 0.0104. The molecule has 5 nitrogen and oxygen atoms in total. The van der Waals surface area contributed by atoms with E-state index in [9.17, 15) is 9.59 Å². The molecule has 0 saturated carbocycles. The third-order valence-corrected chi connectivity index (χ3v) is 6.38. The van der Waals surface area contributed by atoms with E-state index in [1.54, 1.807) is 29.6 Å². The summed E-state index contributed by atoms with van der Waals surface area (Å²) in [5, 5.41) is 2.60. The van der Waals surface area contributed by atoms with Crippen LogP contribution in [0.15, 0.2) is 22.3 Å². The number of aromatic nitrogens is 2. The van der Waals surface area contributed by atoms with Crippen LogP contribution >= 0.6 is 22.7 Å². The lowest BCUT2D eigenvalue weighted by molar-refractivity contribution is -0.120. The molecule has 0 aromatic carbocycles. The second-order valence-electron chi connectivity index (χ2n) is 6.29. The molecule has 3 aromatic heterocycles. The number of fused-ring (bicyclic) bond motifs is 1. The third-order valence-electron chi connectivity index (χ3n) is 4.26. The van der Waals surface area contributed by atoms with E-state index >= 15 is 0 Å². The average Bonchev–Trinajstić information content (AvgIpc) is 3.20. The summed E-state index contributed by atoms with van der Waals surface area (Å²) in [6.45, 7) is 7.66. The number of thiophene rings is 2. The lowest BCUT2D eigenvalue weighted by Gasteiger charge is -2.19. The molecule has 0 fully saturated rings. The van der Waals surface area contributed by atoms with Gasteiger partial charge in [0.2, 0.25) is 5.91 Å². The van der Waals surface area contributed by atoms with Crippen LogP contribution in [0.1, 0.15) is 50.4 Å². The first-order valence-corrected chi connectivity index (χ1v) is 9.97. The number of hydrogen-bond acceptors (Lipinski definition) is 5. The molecule has 3 aromatic rings. The van der Waals surface area contributed by atoms with Gasteiger partial charge in [0.25, 0.3) is 5.56 Å². The van der Waals surface area contributed by atoms with Gasteiger partial charge in [-0.2, -0.15) is 0 Å². The largest absolute Gasteiger partial charge is 0.368 e. The molecule has 1 unspecified atom stereocenters. The molecule has 7 heteroatoms. The highest BCUT2D eigenvalue weighted by molar-refractivity contribution is 7.20. The third kappa shape index (κ3) is 2.91. The molecule has 3 heterocycles. The van der Waals surface area contributed by atoms with Gasteiger partial charge in [-0.15, -0.1) is 22.7 Å². The molecule has 0 saturated heterocycles. The maximum atomic E-state index is 13.4. The second kappa shape index (κ2) is 6.72. The summed E-state index contributed by atoms with van der Waals surface area (Å²) in [6.07, 6.45) is 0.829. The van der Waals surface area contributed by atoms with Crippen molar-refractivity contribution in [2.45, 2.75) is 46.1 Å². The van der Waals surface area contributed by atoms with Gasteiger partial charge in [0.1, 0.15) is 16.7 Å². The zero-order valence-corrected chi connectivity index (χ0v) is 16.3. The lowest BCUT2D eigenvalue weighted by atomic mass is 10.1. The maximum absolute atomic E-state index is 13.4. The van der Waals surface area contributed by atoms with E-state index in [1.807, 2.05) is 31.4 Å². The first-order valence-electron chi connectivity index (χ1n) is 8.27. The predicted molar refractivity (Wildman–Crippen MR) is 105 cm³/mol. The Morgan fingerprint density at radius 2 is 2.08 bits per heavy atom. The van der Waals surface area contributed by atoms with E-state index in [2.05, 4.69) is 6.92 Å². The number of carbonyl (C=O) groups excluding carboxylic acids is 1. The fourth-order valence-corrected chi connectivity index (χ4v) is 4.95. The minimum atomic E-state index is -0.733. The van der Waals surface area contributed by atoms with Gasteiger partial charge in [-0.25, -0.2) is 4.98 Å². The van der Waals surface area contributed by atoms with Crippen molar-refractivity contribution in [3.05, 3.63) is 38.6 Å². The maximum Gasteiger partial charge on any atom is 0.263 e. The Kier molecular flexibility index (Phi) is 4.79. The van der Waals surface area contributed by atoms with Crippen LogP contribution in [0, 0.1) is 0 Å². The first kappa shape index (κ1) is 17.8. The highest BCUT2D eigenvalue weighted by Crippen LogP contribution is 2.39. The fourth-order valence-electron chi connectivity index (χ4n) is 2.96. The Bertz CT molecular complexity index is 984. The van der Waals surface area contributed by atoms with E-state index in [1.165, 1.54) is 4.57 Å². The number of aryl methyl sites for hydroxylation is 1. The van der Waals surface area contributed by atoms with Gasteiger partial charge in [0.05, 0.1) is 5.39 Å². The van der Waals surface area contributed by atoms with E-state index in [0.29, 0.717) is 11.2 Å². The molecule has 0 aliphatic carbocycles. The van der Waals surface area contributed by atoms with Crippen LogP contribution in [0.3, 0.4) is 0 Å². The summed E-state index contributed by atoms with van der Waals surface area (Å²) in [5.41, 5.74) is 6.27. The van der Waals surface area contributed by atoms with E-state index in [0.717, 1.165) is 26.6 Å². The average molecular weight is 376 g/mol.